The maximum atomic E-state index is 13.1. The molecular formula is C72H104N8O4. The van der Waals surface area contributed by atoms with Crippen LogP contribution >= 0.6 is 0 Å². The van der Waals surface area contributed by atoms with Crippen LogP contribution in [0, 0.1) is 0 Å². The molecule has 1 aromatic rings. The fraction of sp³-hybridized carbons (Fsp3) is 0.667. The van der Waals surface area contributed by atoms with E-state index < -0.39 is 0 Å². The third-order valence-corrected chi connectivity index (χ3v) is 19.8. The van der Waals surface area contributed by atoms with Gasteiger partial charge in [-0.2, -0.15) is 4.98 Å². The summed E-state index contributed by atoms with van der Waals surface area (Å²) in [6, 6.07) is 0.687. The molecule has 1 aliphatic heterocycles. The number of Topliss-reactive ketones (excluding diaryl/α,β-unsaturated/α-hetero) is 1. The number of azide groups is 1. The minimum Gasteiger partial charge on any atom is -0.388 e. The van der Waals surface area contributed by atoms with E-state index in [-0.39, 0.29) is 29.6 Å². The molecule has 2 heterocycles. The maximum absolute atomic E-state index is 13.1. The van der Waals surface area contributed by atoms with Gasteiger partial charge in [0.25, 0.3) is 0 Å². The molecule has 456 valence electrons. The van der Waals surface area contributed by atoms with Gasteiger partial charge in [-0.25, -0.2) is 4.79 Å². The van der Waals surface area contributed by atoms with E-state index in [2.05, 4.69) is 93.2 Å². The lowest BCUT2D eigenvalue weighted by atomic mass is 9.79. The first-order chi connectivity index (χ1) is 41.2. The molecule has 13 rings (SSSR count). The van der Waals surface area contributed by atoms with Crippen LogP contribution in [0.4, 0.5) is 4.79 Å². The zero-order valence-corrected chi connectivity index (χ0v) is 51.6. The Bertz CT molecular complexity index is 2690. The standard InChI is InChI=1S/C24H34N4O2.C12H17N3.C12H19N.C12H18O.C12H16O/c1-24(22-26-21(30-27-22)18-11-12-18)13-15-28(16-14-24)23(29)25-20-10-6-5-9-19(20)17-7-3-2-4-8-17;13-15-14-12-9-5-4-8-11(12)10-6-2-1-3-7-10;3*13-12-9-5-4-8-11(12)10-6-2-1-3-7-10/h7,9,18,20H,2-6,8,10-16H2,1H3,(H,25,29);6,8,12H,1-5,7,9H2;6,8,12H,1-5,7,9,13H2;6,8,12-13H,1-5,7,9H2;6,8H,1-5,7,9H2. The van der Waals surface area contributed by atoms with Crippen molar-refractivity contribution in [1.29, 1.82) is 0 Å². The van der Waals surface area contributed by atoms with Gasteiger partial charge in [0, 0.05) is 47.4 Å². The summed E-state index contributed by atoms with van der Waals surface area (Å²) >= 11 is 0. The predicted molar refractivity (Wildman–Crippen MR) is 341 cm³/mol. The van der Waals surface area contributed by atoms with Crippen molar-refractivity contribution in [2.45, 2.75) is 293 Å². The first-order valence-corrected chi connectivity index (χ1v) is 34.1. The Balaban J connectivity index is 0.000000134. The Kier molecular flexibility index (Phi) is 24.8. The van der Waals surface area contributed by atoms with Crippen LogP contribution in [0.1, 0.15) is 275 Å². The van der Waals surface area contributed by atoms with Crippen molar-refractivity contribution in [2.24, 2.45) is 10.8 Å². The van der Waals surface area contributed by atoms with Gasteiger partial charge in [0.15, 0.2) is 11.6 Å². The highest BCUT2D eigenvalue weighted by Gasteiger charge is 2.40. The first kappa shape index (κ1) is 63.2. The average molecular weight is 1150 g/mol. The smallest absolute Gasteiger partial charge is 0.317 e. The van der Waals surface area contributed by atoms with Crippen LogP contribution in [-0.2, 0) is 10.2 Å². The zero-order chi connectivity index (χ0) is 58.4. The molecule has 11 aliphatic carbocycles. The number of hydrogen-bond donors (Lipinski definition) is 3. The second-order valence-corrected chi connectivity index (χ2v) is 26.3. The van der Waals surface area contributed by atoms with Crippen molar-refractivity contribution in [3.05, 3.63) is 139 Å². The first-order valence-electron chi connectivity index (χ1n) is 34.1. The molecule has 4 unspecified atom stereocenters. The number of piperidine rings is 1. The molecular weight excluding hydrogens is 1040 g/mol. The fourth-order valence-corrected chi connectivity index (χ4v) is 14.4. The van der Waals surface area contributed by atoms with Crippen molar-refractivity contribution in [3.63, 3.8) is 0 Å². The van der Waals surface area contributed by atoms with E-state index in [0.717, 1.165) is 133 Å². The highest BCUT2D eigenvalue weighted by molar-refractivity contribution is 6.00. The number of carbonyl (C=O) groups is 2. The summed E-state index contributed by atoms with van der Waals surface area (Å²) in [6.45, 7) is 3.69. The number of allylic oxidation sites excluding steroid dienone is 12. The number of nitrogens with zero attached hydrogens (tertiary/aromatic N) is 6. The van der Waals surface area contributed by atoms with Crippen molar-refractivity contribution in [1.82, 2.24) is 20.4 Å². The van der Waals surface area contributed by atoms with Gasteiger partial charge in [0.05, 0.1) is 18.2 Å². The van der Waals surface area contributed by atoms with E-state index in [0.29, 0.717) is 17.7 Å². The maximum Gasteiger partial charge on any atom is 0.317 e. The Morgan fingerprint density at radius 2 is 1.08 bits per heavy atom. The number of aliphatic hydroxyl groups is 1. The van der Waals surface area contributed by atoms with Crippen molar-refractivity contribution in [3.8, 4) is 0 Å². The van der Waals surface area contributed by atoms with Crippen LogP contribution in [0.25, 0.3) is 10.4 Å². The summed E-state index contributed by atoms with van der Waals surface area (Å²) in [5.74, 6) is 2.49. The summed E-state index contributed by atoms with van der Waals surface area (Å²) in [4.78, 5) is 34.3. The molecule has 1 saturated heterocycles. The lowest BCUT2D eigenvalue weighted by Gasteiger charge is -2.38. The van der Waals surface area contributed by atoms with Crippen molar-refractivity contribution in [2.75, 3.05) is 13.1 Å². The third-order valence-electron chi connectivity index (χ3n) is 19.8. The van der Waals surface area contributed by atoms with E-state index in [1.165, 1.54) is 192 Å². The summed E-state index contributed by atoms with van der Waals surface area (Å²) < 4.78 is 5.49. The van der Waals surface area contributed by atoms with E-state index in [4.69, 9.17) is 15.8 Å². The Morgan fingerprint density at radius 3 is 1.63 bits per heavy atom. The summed E-state index contributed by atoms with van der Waals surface area (Å²) in [5.41, 5.74) is 28.2. The molecule has 0 bridgehead atoms. The number of likely N-dealkylation sites (tertiary alicyclic amines) is 1. The molecule has 0 aromatic carbocycles. The van der Waals surface area contributed by atoms with Gasteiger partial charge in [-0.15, -0.1) is 0 Å². The third kappa shape index (κ3) is 18.4. The van der Waals surface area contributed by atoms with Gasteiger partial charge in [0.2, 0.25) is 5.89 Å². The van der Waals surface area contributed by atoms with Gasteiger partial charge in [0.1, 0.15) is 0 Å². The predicted octanol–water partition coefficient (Wildman–Crippen LogP) is 18.3. The quantitative estimate of drug-likeness (QED) is 0.125. The second kappa shape index (κ2) is 33.0. The minimum atomic E-state index is -0.168. The molecule has 2 fully saturated rings. The monoisotopic (exact) mass is 1140 g/mol. The number of carbonyl (C=O) groups excluding carboxylic acids is 2. The van der Waals surface area contributed by atoms with Crippen LogP contribution < -0.4 is 11.1 Å². The van der Waals surface area contributed by atoms with E-state index in [9.17, 15) is 14.7 Å². The van der Waals surface area contributed by atoms with E-state index >= 15 is 0 Å². The van der Waals surface area contributed by atoms with Crippen molar-refractivity contribution >= 4 is 11.8 Å². The van der Waals surface area contributed by atoms with E-state index in [1.54, 1.807) is 5.57 Å². The normalized spacial score (nSPS) is 27.0. The molecule has 12 nitrogen and oxygen atoms in total. The number of nitrogens with two attached hydrogens (primary N) is 1. The van der Waals surface area contributed by atoms with Crippen molar-refractivity contribution < 1.29 is 19.2 Å². The number of urea groups is 1. The Morgan fingerprint density at radius 1 is 0.595 bits per heavy atom. The largest absolute Gasteiger partial charge is 0.388 e. The highest BCUT2D eigenvalue weighted by atomic mass is 16.5. The highest BCUT2D eigenvalue weighted by Crippen LogP contribution is 2.42. The summed E-state index contributed by atoms with van der Waals surface area (Å²) in [7, 11) is 0. The molecule has 1 aromatic heterocycles. The molecule has 0 radical (unpaired) electrons. The van der Waals surface area contributed by atoms with Crippen LogP contribution in [0.3, 0.4) is 0 Å². The molecule has 1 saturated carbocycles. The SMILES string of the molecule is CC1(c2noc(C3CC3)n2)CCN(C(=O)NC2CCCC=C2C2=CCCCC2)CC1.NC1CCCC=C1C1=CCCCC1.O=C1CCCC=C1C1=CCCCC1.OC1CCCC=C1C1=CCCCC1.[N-]=[N+]=NC1CCCC=C1C1=CCCCC1. The topological polar surface area (TPSA) is 183 Å². The van der Waals surface area contributed by atoms with Gasteiger partial charge in [-0.1, -0.05) is 78.0 Å². The number of nitrogens with one attached hydrogen (secondary N) is 1. The Hall–Kier alpha value is -5.29. The number of aromatic nitrogens is 2. The molecule has 2 amide bonds. The van der Waals surface area contributed by atoms with Gasteiger partial charge in [-0.3, -0.25) is 4.79 Å². The molecule has 0 spiro atoms. The van der Waals surface area contributed by atoms with Gasteiger partial charge < -0.3 is 25.6 Å². The summed E-state index contributed by atoms with van der Waals surface area (Å²) in [6.07, 6.45) is 68.5. The average Bonchev–Trinajstić information content (AvgIpc) is 4.47. The zero-order valence-electron chi connectivity index (χ0n) is 51.6. The lowest BCUT2D eigenvalue weighted by molar-refractivity contribution is -0.115. The number of aliphatic hydroxyl groups excluding tert-OH is 1. The lowest BCUT2D eigenvalue weighted by Crippen LogP contribution is -2.51. The van der Waals surface area contributed by atoms with Crippen LogP contribution in [0.15, 0.2) is 126 Å². The minimum absolute atomic E-state index is 0.0815. The Labute approximate surface area is 504 Å². The molecule has 84 heavy (non-hydrogen) atoms. The number of rotatable bonds is 9. The number of amides is 2. The molecule has 12 heteroatoms. The van der Waals surface area contributed by atoms with E-state index in [1.807, 2.05) is 4.90 Å². The van der Waals surface area contributed by atoms with Gasteiger partial charge >= 0.3 is 6.03 Å². The second-order valence-electron chi connectivity index (χ2n) is 26.3. The fourth-order valence-electron chi connectivity index (χ4n) is 14.4. The van der Waals surface area contributed by atoms with Crippen LogP contribution in [0.2, 0.25) is 0 Å². The molecule has 4 atom stereocenters. The van der Waals surface area contributed by atoms with Crippen LogP contribution in [-0.4, -0.2) is 69.3 Å². The molecule has 12 aliphatic rings. The number of hydrogen-bond acceptors (Lipinski definition) is 8. The van der Waals surface area contributed by atoms with Gasteiger partial charge in [-0.05, 0) is 300 Å². The van der Waals surface area contributed by atoms with Crippen LogP contribution in [0.5, 0.6) is 0 Å². The summed E-state index contributed by atoms with van der Waals surface area (Å²) in [5, 5.41) is 21.4. The molecule has 4 N–H and O–H groups in total. The number of ketones is 1.